The highest BCUT2D eigenvalue weighted by atomic mass is 127. The molecule has 3 aromatic rings. The van der Waals surface area contributed by atoms with Crippen molar-refractivity contribution >= 4 is 61.1 Å². The molecule has 0 aliphatic heterocycles. The SMILES string of the molecule is CC(C)(C)OC(=O)Nc1cc(OCc2ccccc2)c2c(Br)cccc2c1I. The van der Waals surface area contributed by atoms with Crippen molar-refractivity contribution in [1.82, 2.24) is 0 Å². The molecule has 0 aliphatic rings. The van der Waals surface area contributed by atoms with Gasteiger partial charge in [-0.05, 0) is 55.0 Å². The first-order valence-corrected chi connectivity index (χ1v) is 10.7. The van der Waals surface area contributed by atoms with Gasteiger partial charge in [-0.2, -0.15) is 0 Å². The topological polar surface area (TPSA) is 47.6 Å². The van der Waals surface area contributed by atoms with E-state index in [-0.39, 0.29) is 0 Å². The number of fused-ring (bicyclic) bond motifs is 1. The maximum atomic E-state index is 12.3. The minimum atomic E-state index is -0.567. The summed E-state index contributed by atoms with van der Waals surface area (Å²) < 4.78 is 13.4. The van der Waals surface area contributed by atoms with Crippen LogP contribution >= 0.6 is 38.5 Å². The number of rotatable bonds is 4. The Hall–Kier alpha value is -1.80. The van der Waals surface area contributed by atoms with Gasteiger partial charge in [-0.25, -0.2) is 4.79 Å². The standard InChI is InChI=1S/C22H21BrINO3/c1-22(2,3)28-21(26)25-17-12-18(27-13-14-8-5-4-6-9-14)19-15(20(17)24)10-7-11-16(19)23/h4-12H,13H2,1-3H3,(H,25,26). The molecule has 0 fully saturated rings. The van der Waals surface area contributed by atoms with Crippen LogP contribution in [0.15, 0.2) is 59.1 Å². The van der Waals surface area contributed by atoms with E-state index in [0.717, 1.165) is 24.4 Å². The molecule has 0 radical (unpaired) electrons. The van der Waals surface area contributed by atoms with E-state index in [1.165, 1.54) is 0 Å². The lowest BCUT2D eigenvalue weighted by atomic mass is 10.1. The van der Waals surface area contributed by atoms with E-state index in [9.17, 15) is 4.79 Å². The first kappa shape index (κ1) is 20.9. The molecule has 0 saturated carbocycles. The molecule has 0 atom stereocenters. The van der Waals surface area contributed by atoms with E-state index in [0.29, 0.717) is 18.0 Å². The van der Waals surface area contributed by atoms with Gasteiger partial charge in [0.25, 0.3) is 0 Å². The second-order valence-corrected chi connectivity index (χ2v) is 9.23. The summed E-state index contributed by atoms with van der Waals surface area (Å²) in [6, 6.07) is 17.8. The van der Waals surface area contributed by atoms with Crippen molar-refractivity contribution in [3.8, 4) is 5.75 Å². The van der Waals surface area contributed by atoms with E-state index in [2.05, 4.69) is 43.8 Å². The van der Waals surface area contributed by atoms with Gasteiger partial charge in [-0.15, -0.1) is 0 Å². The van der Waals surface area contributed by atoms with Gasteiger partial charge in [-0.3, -0.25) is 5.32 Å². The average Bonchev–Trinajstić information content (AvgIpc) is 2.62. The van der Waals surface area contributed by atoms with Crippen LogP contribution in [-0.2, 0) is 11.3 Å². The lowest BCUT2D eigenvalue weighted by Gasteiger charge is -2.21. The number of carbonyl (C=O) groups excluding carboxylic acids is 1. The third-order valence-electron chi connectivity index (χ3n) is 3.88. The number of halogens is 2. The largest absolute Gasteiger partial charge is 0.488 e. The summed E-state index contributed by atoms with van der Waals surface area (Å²) in [6.45, 7) is 5.94. The van der Waals surface area contributed by atoms with Crippen LogP contribution in [-0.4, -0.2) is 11.7 Å². The molecule has 0 saturated heterocycles. The summed E-state index contributed by atoms with van der Waals surface area (Å²) >= 11 is 5.86. The fourth-order valence-corrected chi connectivity index (χ4v) is 4.02. The number of hydrogen-bond acceptors (Lipinski definition) is 3. The lowest BCUT2D eigenvalue weighted by Crippen LogP contribution is -2.27. The van der Waals surface area contributed by atoms with Crippen LogP contribution < -0.4 is 10.1 Å². The van der Waals surface area contributed by atoms with Crippen molar-refractivity contribution in [2.24, 2.45) is 0 Å². The van der Waals surface area contributed by atoms with E-state index >= 15 is 0 Å². The summed E-state index contributed by atoms with van der Waals surface area (Å²) in [4.78, 5) is 12.3. The fourth-order valence-electron chi connectivity index (χ4n) is 2.72. The molecule has 0 spiro atoms. The van der Waals surface area contributed by atoms with E-state index in [1.807, 2.05) is 75.4 Å². The van der Waals surface area contributed by atoms with Crippen LogP contribution in [0.1, 0.15) is 26.3 Å². The number of benzene rings is 3. The molecule has 1 amide bonds. The van der Waals surface area contributed by atoms with Crippen molar-refractivity contribution in [2.75, 3.05) is 5.32 Å². The van der Waals surface area contributed by atoms with Gasteiger partial charge in [0.1, 0.15) is 18.0 Å². The van der Waals surface area contributed by atoms with Gasteiger partial charge in [0, 0.05) is 24.9 Å². The zero-order chi connectivity index (χ0) is 20.3. The average molecular weight is 554 g/mol. The highest BCUT2D eigenvalue weighted by Crippen LogP contribution is 2.39. The summed E-state index contributed by atoms with van der Waals surface area (Å²) in [7, 11) is 0. The van der Waals surface area contributed by atoms with Gasteiger partial charge in [0.15, 0.2) is 0 Å². The predicted octanol–water partition coefficient (Wildman–Crippen LogP) is 7.13. The number of amides is 1. The van der Waals surface area contributed by atoms with Crippen molar-refractivity contribution in [1.29, 1.82) is 0 Å². The van der Waals surface area contributed by atoms with Gasteiger partial charge in [0.05, 0.1) is 5.69 Å². The summed E-state index contributed by atoms with van der Waals surface area (Å²) in [6.07, 6.45) is -0.492. The van der Waals surface area contributed by atoms with Crippen molar-refractivity contribution < 1.29 is 14.3 Å². The molecule has 4 nitrogen and oxygen atoms in total. The number of nitrogens with one attached hydrogen (secondary N) is 1. The van der Waals surface area contributed by atoms with Crippen LogP contribution in [0, 0.1) is 3.57 Å². The minimum Gasteiger partial charge on any atom is -0.488 e. The second-order valence-electron chi connectivity index (χ2n) is 7.30. The second kappa shape index (κ2) is 8.69. The van der Waals surface area contributed by atoms with Crippen LogP contribution in [0.3, 0.4) is 0 Å². The predicted molar refractivity (Wildman–Crippen MR) is 125 cm³/mol. The van der Waals surface area contributed by atoms with Crippen molar-refractivity contribution in [3.63, 3.8) is 0 Å². The molecule has 146 valence electrons. The fraction of sp³-hybridized carbons (Fsp3) is 0.227. The van der Waals surface area contributed by atoms with Crippen LogP contribution in [0.2, 0.25) is 0 Å². The number of anilines is 1. The monoisotopic (exact) mass is 553 g/mol. The van der Waals surface area contributed by atoms with E-state index < -0.39 is 11.7 Å². The van der Waals surface area contributed by atoms with E-state index in [4.69, 9.17) is 9.47 Å². The smallest absolute Gasteiger partial charge is 0.412 e. The Kier molecular flexibility index (Phi) is 6.50. The van der Waals surface area contributed by atoms with Gasteiger partial charge < -0.3 is 9.47 Å². The van der Waals surface area contributed by atoms with Gasteiger partial charge in [0.2, 0.25) is 0 Å². The summed E-state index contributed by atoms with van der Waals surface area (Å²) in [5.74, 6) is 0.692. The Bertz CT molecular complexity index is 1000. The zero-order valence-electron chi connectivity index (χ0n) is 15.9. The van der Waals surface area contributed by atoms with Crippen LogP contribution in [0.25, 0.3) is 10.8 Å². The molecule has 0 unspecified atom stereocenters. The quantitative estimate of drug-likeness (QED) is 0.349. The molecule has 1 N–H and O–H groups in total. The molecule has 3 rings (SSSR count). The van der Waals surface area contributed by atoms with Gasteiger partial charge >= 0.3 is 6.09 Å². The zero-order valence-corrected chi connectivity index (χ0v) is 19.6. The summed E-state index contributed by atoms with van der Waals surface area (Å²) in [5, 5.41) is 4.82. The molecule has 0 aliphatic carbocycles. The maximum absolute atomic E-state index is 12.3. The Morgan fingerprint density at radius 2 is 1.82 bits per heavy atom. The van der Waals surface area contributed by atoms with Gasteiger partial charge in [-0.1, -0.05) is 58.4 Å². The maximum Gasteiger partial charge on any atom is 0.412 e. The first-order valence-electron chi connectivity index (χ1n) is 8.82. The molecule has 3 aromatic carbocycles. The Balaban J connectivity index is 1.98. The Morgan fingerprint density at radius 3 is 2.50 bits per heavy atom. The minimum absolute atomic E-state index is 0.434. The molecular weight excluding hydrogens is 533 g/mol. The third kappa shape index (κ3) is 5.17. The number of carbonyl (C=O) groups is 1. The summed E-state index contributed by atoms with van der Waals surface area (Å²) in [5.41, 5.74) is 1.16. The third-order valence-corrected chi connectivity index (χ3v) is 5.70. The normalized spacial score (nSPS) is 11.3. The molecule has 0 bridgehead atoms. The Morgan fingerprint density at radius 1 is 1.11 bits per heavy atom. The molecular formula is C22H21BrINO3. The lowest BCUT2D eigenvalue weighted by molar-refractivity contribution is 0.0636. The molecule has 6 heteroatoms. The highest BCUT2D eigenvalue weighted by Gasteiger charge is 2.19. The van der Waals surface area contributed by atoms with Crippen LogP contribution in [0.5, 0.6) is 5.75 Å². The first-order chi connectivity index (χ1) is 13.2. The molecule has 0 aromatic heterocycles. The Labute approximate surface area is 186 Å². The molecule has 28 heavy (non-hydrogen) atoms. The van der Waals surface area contributed by atoms with Crippen molar-refractivity contribution in [2.45, 2.75) is 33.0 Å². The highest BCUT2D eigenvalue weighted by molar-refractivity contribution is 14.1. The number of ether oxygens (including phenoxy) is 2. The van der Waals surface area contributed by atoms with Crippen LogP contribution in [0.4, 0.5) is 10.5 Å². The number of hydrogen-bond donors (Lipinski definition) is 1. The van der Waals surface area contributed by atoms with Crippen molar-refractivity contribution in [3.05, 3.63) is 68.2 Å². The van der Waals surface area contributed by atoms with E-state index in [1.54, 1.807) is 0 Å². The molecule has 0 heterocycles.